The van der Waals surface area contributed by atoms with E-state index in [0.29, 0.717) is 19.3 Å². The minimum Gasteiger partial charge on any atom is -0.390 e. The summed E-state index contributed by atoms with van der Waals surface area (Å²) in [6.07, 6.45) is 4.36. The van der Waals surface area contributed by atoms with E-state index in [1.807, 2.05) is 54.5 Å². The molecule has 0 aromatic heterocycles. The highest BCUT2D eigenvalue weighted by Gasteiger charge is 2.45. The number of aliphatic hydroxyl groups excluding tert-OH is 1. The normalized spacial score (nSPS) is 26.7. The van der Waals surface area contributed by atoms with Gasteiger partial charge in [-0.1, -0.05) is 122 Å². The summed E-state index contributed by atoms with van der Waals surface area (Å²) in [5.74, 6) is -9.44. The number of allylic oxidation sites excluding steroid dienone is 2. The number of carbonyl (C=O) groups is 11. The fourth-order valence-electron chi connectivity index (χ4n) is 10.9. The number of hydrogen-bond acceptors (Lipinski definition) is 12. The predicted molar refractivity (Wildman–Crippen MR) is 333 cm³/mol. The second-order valence-electron chi connectivity index (χ2n) is 25.8. The van der Waals surface area contributed by atoms with Gasteiger partial charge in [-0.05, 0) is 94.3 Å². The van der Waals surface area contributed by atoms with Gasteiger partial charge in [-0.15, -0.1) is 0 Å². The van der Waals surface area contributed by atoms with Crippen LogP contribution in [0.25, 0.3) is 0 Å². The third-order valence-corrected chi connectivity index (χ3v) is 16.5. The first-order valence-electron chi connectivity index (χ1n) is 31.2. The average molecular weight is 1220 g/mol. The molecule has 0 aromatic carbocycles. The summed E-state index contributed by atoms with van der Waals surface area (Å²) >= 11 is 0. The van der Waals surface area contributed by atoms with E-state index in [0.717, 1.165) is 9.80 Å². The summed E-state index contributed by atoms with van der Waals surface area (Å²) in [5.41, 5.74) is 0. The van der Waals surface area contributed by atoms with Crippen LogP contribution in [-0.2, 0) is 52.7 Å². The molecular formula is C63H113N11O12. The summed E-state index contributed by atoms with van der Waals surface area (Å²) in [5, 5.41) is 23.2. The van der Waals surface area contributed by atoms with Crippen molar-refractivity contribution < 1.29 is 57.8 Å². The number of rotatable bonds is 17. The number of unbranched alkanes of at least 4 members (excludes halogenated alkanes) is 1. The van der Waals surface area contributed by atoms with Crippen molar-refractivity contribution in [1.82, 2.24) is 55.6 Å². The highest BCUT2D eigenvalue weighted by molar-refractivity contribution is 5.99. The molecule has 23 heteroatoms. The zero-order chi connectivity index (χ0) is 66.5. The van der Waals surface area contributed by atoms with Gasteiger partial charge in [-0.25, -0.2) is 0 Å². The van der Waals surface area contributed by atoms with Crippen molar-refractivity contribution in [2.24, 2.45) is 35.5 Å². The Morgan fingerprint density at radius 1 is 0.488 bits per heavy atom. The Balaban J connectivity index is 4.35. The van der Waals surface area contributed by atoms with Gasteiger partial charge in [0.1, 0.15) is 60.4 Å². The Kier molecular flexibility index (Phi) is 32.8. The molecule has 1 fully saturated rings. The number of carbonyl (C=O) groups excluding carboxylic acids is 11. The third kappa shape index (κ3) is 21.6. The molecule has 23 nitrogen and oxygen atoms in total. The van der Waals surface area contributed by atoms with Gasteiger partial charge in [-0.2, -0.15) is 0 Å². The number of amides is 11. The molecule has 0 radical (unpaired) electrons. The summed E-state index contributed by atoms with van der Waals surface area (Å²) in [4.78, 5) is 169. The van der Waals surface area contributed by atoms with Gasteiger partial charge < -0.3 is 60.7 Å². The van der Waals surface area contributed by atoms with Crippen molar-refractivity contribution in [3.8, 4) is 0 Å². The highest BCUT2D eigenvalue weighted by atomic mass is 16.3. The summed E-state index contributed by atoms with van der Waals surface area (Å²) in [6.45, 7) is 27.9. The average Bonchev–Trinajstić information content (AvgIpc) is 1.14. The van der Waals surface area contributed by atoms with Gasteiger partial charge in [0, 0.05) is 49.3 Å². The lowest BCUT2D eigenvalue weighted by Crippen LogP contribution is -2.63. The maximum absolute atomic E-state index is 15.1. The molecule has 1 aliphatic rings. The zero-order valence-corrected chi connectivity index (χ0v) is 56.6. The van der Waals surface area contributed by atoms with Crippen LogP contribution in [0.1, 0.15) is 169 Å². The number of likely N-dealkylation sites (N-methyl/N-ethyl adjacent to an activating group) is 7. The summed E-state index contributed by atoms with van der Waals surface area (Å²) < 4.78 is 0. The van der Waals surface area contributed by atoms with Crippen LogP contribution in [0.5, 0.6) is 0 Å². The predicted octanol–water partition coefficient (Wildman–Crippen LogP) is 3.80. The Labute approximate surface area is 515 Å². The van der Waals surface area contributed by atoms with Gasteiger partial charge in [0.15, 0.2) is 0 Å². The maximum Gasteiger partial charge on any atom is 0.246 e. The molecule has 0 spiro atoms. The minimum atomic E-state index is -1.61. The highest BCUT2D eigenvalue weighted by Crippen LogP contribution is 2.26. The van der Waals surface area contributed by atoms with Crippen molar-refractivity contribution in [3.05, 3.63) is 12.2 Å². The fourth-order valence-corrected chi connectivity index (χ4v) is 10.9. The quantitative estimate of drug-likeness (QED) is 0.130. The van der Waals surface area contributed by atoms with E-state index in [1.54, 1.807) is 61.5 Å². The van der Waals surface area contributed by atoms with Crippen LogP contribution in [0.4, 0.5) is 0 Å². The SMILES string of the molecule is C/C=C/C[C@@H](C)[C@@H](O)[C@H]1C(=O)N[C@@H](CC)C(=O)N(C)CC(=O)N(C)[C@@H](CCCC)C(=O)N[C@@H](C(C)C)C(=O)N(C)[C@@H](CC(C)C)C(=O)N[C@@H](CC)C(=O)N[C@H](C)C(=O)N(C)[C@@H](CC(C)C)C(=O)N(C)[C@@H](CC(C)C)C(=O)N(C)[C@@H](C(C)C)C(=O)N1C. The Hall–Kier alpha value is -6.13. The second kappa shape index (κ2) is 36.2. The van der Waals surface area contributed by atoms with Crippen LogP contribution in [0.2, 0.25) is 0 Å². The van der Waals surface area contributed by atoms with E-state index >= 15 is 9.59 Å². The van der Waals surface area contributed by atoms with Gasteiger partial charge in [-0.3, -0.25) is 52.7 Å². The number of hydrogen-bond donors (Lipinski definition) is 5. The van der Waals surface area contributed by atoms with Crippen LogP contribution < -0.4 is 21.3 Å². The molecule has 492 valence electrons. The largest absolute Gasteiger partial charge is 0.390 e. The first-order valence-corrected chi connectivity index (χ1v) is 31.2. The van der Waals surface area contributed by atoms with Gasteiger partial charge >= 0.3 is 0 Å². The number of nitrogens with one attached hydrogen (secondary N) is 4. The molecule has 1 rings (SSSR count). The molecule has 0 unspecified atom stereocenters. The van der Waals surface area contributed by atoms with Crippen molar-refractivity contribution >= 4 is 65.0 Å². The number of aliphatic hydroxyl groups is 1. The zero-order valence-electron chi connectivity index (χ0n) is 56.6. The first-order chi connectivity index (χ1) is 39.9. The molecule has 0 aromatic rings. The first kappa shape index (κ1) is 77.9. The number of nitrogens with zero attached hydrogens (tertiary/aromatic N) is 7. The molecular weight excluding hydrogens is 1100 g/mol. The molecule has 0 aliphatic carbocycles. The third-order valence-electron chi connectivity index (χ3n) is 16.5. The standard InChI is InChI=1S/C63H113N11O12/c1-24-28-30-41(15)53(76)52-57(80)66-44(27-4)59(82)68(17)35-49(75)69(18)45(31-29-25-2)55(78)67-50(39(11)12)62(85)70(19)46(32-36(5)6)56(79)65-43(26-3)54(77)64-42(16)58(81)71(20)47(33-37(7)8)60(83)72(21)48(34-38(9)10)61(84)73(22)51(40(13)14)63(86)74(52)23/h24,28,36-48,50-53,76H,25-27,29-35H2,1-23H3,(H,64,77)(H,65,79)(H,66,80)(H,67,78)/b28-24+/t41-,42-,43+,44+,45+,46+,47+,48+,50+,51+,52+,53-/m1/s1. The topological polar surface area (TPSA) is 279 Å². The summed E-state index contributed by atoms with van der Waals surface area (Å²) in [7, 11) is 9.96. The molecule has 1 aliphatic heterocycles. The van der Waals surface area contributed by atoms with Crippen molar-refractivity contribution in [3.63, 3.8) is 0 Å². The second-order valence-corrected chi connectivity index (χ2v) is 25.8. The molecule has 1 saturated heterocycles. The van der Waals surface area contributed by atoms with Gasteiger partial charge in [0.25, 0.3) is 0 Å². The monoisotopic (exact) mass is 1220 g/mol. The molecule has 5 N–H and O–H groups in total. The Morgan fingerprint density at radius 2 is 0.942 bits per heavy atom. The molecule has 0 saturated carbocycles. The van der Waals surface area contributed by atoms with E-state index in [4.69, 9.17) is 0 Å². The lowest BCUT2D eigenvalue weighted by molar-refractivity contribution is -0.157. The molecule has 1 heterocycles. The smallest absolute Gasteiger partial charge is 0.246 e. The van der Waals surface area contributed by atoms with Crippen LogP contribution in [0.3, 0.4) is 0 Å². The minimum absolute atomic E-state index is 0.0262. The summed E-state index contributed by atoms with van der Waals surface area (Å²) in [6, 6.07) is -12.2. The van der Waals surface area contributed by atoms with E-state index in [9.17, 15) is 48.3 Å². The Bertz CT molecular complexity index is 2330. The van der Waals surface area contributed by atoms with Crippen LogP contribution in [0, 0.1) is 35.5 Å². The lowest BCUT2D eigenvalue weighted by atomic mass is 9.91. The molecule has 12 atom stereocenters. The van der Waals surface area contributed by atoms with E-state index in [1.165, 1.54) is 80.8 Å². The molecule has 86 heavy (non-hydrogen) atoms. The van der Waals surface area contributed by atoms with Gasteiger partial charge in [0.05, 0.1) is 12.6 Å². The fraction of sp³-hybridized carbons (Fsp3) is 0.794. The van der Waals surface area contributed by atoms with Crippen molar-refractivity contribution in [1.29, 1.82) is 0 Å². The maximum atomic E-state index is 15.1. The van der Waals surface area contributed by atoms with Crippen LogP contribution in [-0.4, -0.2) is 227 Å². The van der Waals surface area contributed by atoms with Crippen molar-refractivity contribution in [2.75, 3.05) is 55.9 Å². The van der Waals surface area contributed by atoms with E-state index < -0.39 is 156 Å². The van der Waals surface area contributed by atoms with Gasteiger partial charge in [0.2, 0.25) is 65.0 Å². The van der Waals surface area contributed by atoms with Crippen LogP contribution >= 0.6 is 0 Å². The molecule has 11 amide bonds. The van der Waals surface area contributed by atoms with E-state index in [-0.39, 0.29) is 56.3 Å². The molecule has 0 bridgehead atoms. The Morgan fingerprint density at radius 3 is 1.41 bits per heavy atom. The van der Waals surface area contributed by atoms with E-state index in [2.05, 4.69) is 21.3 Å². The van der Waals surface area contributed by atoms with Crippen LogP contribution in [0.15, 0.2) is 12.2 Å². The lowest BCUT2D eigenvalue weighted by Gasteiger charge is -2.41. The van der Waals surface area contributed by atoms with Crippen molar-refractivity contribution in [2.45, 2.75) is 235 Å².